The fraction of sp³-hybridized carbons (Fsp3) is 0.105. The topological polar surface area (TPSA) is 38.3 Å². The van der Waals surface area contributed by atoms with E-state index in [0.29, 0.717) is 5.56 Å². The summed E-state index contributed by atoms with van der Waals surface area (Å²) >= 11 is 6.96. The average molecular weight is 430 g/mol. The van der Waals surface area contributed by atoms with Crippen LogP contribution in [-0.4, -0.2) is 5.91 Å². The van der Waals surface area contributed by atoms with E-state index >= 15 is 0 Å². The minimum Gasteiger partial charge on any atom is -0.486 e. The van der Waals surface area contributed by atoms with E-state index in [1.807, 2.05) is 0 Å². The maximum absolute atomic E-state index is 13.5. The van der Waals surface area contributed by atoms with Gasteiger partial charge in [-0.1, -0.05) is 23.7 Å². The van der Waals surface area contributed by atoms with Gasteiger partial charge >= 0.3 is 6.18 Å². The number of halogens is 5. The van der Waals surface area contributed by atoms with Crippen molar-refractivity contribution in [3.63, 3.8) is 0 Å². The minimum absolute atomic E-state index is 0.0129. The van der Waals surface area contributed by atoms with Crippen LogP contribution in [-0.2, 0) is 12.8 Å². The Labute approximate surface area is 166 Å². The van der Waals surface area contributed by atoms with E-state index in [-0.39, 0.29) is 27.9 Å². The molecule has 2 aromatic carbocycles. The quantitative estimate of drug-likeness (QED) is 0.477. The molecule has 0 fully saturated rings. The summed E-state index contributed by atoms with van der Waals surface area (Å²) in [5.41, 5.74) is -0.440. The van der Waals surface area contributed by atoms with E-state index in [2.05, 4.69) is 5.32 Å². The third kappa shape index (κ3) is 4.82. The Balaban J connectivity index is 1.68. The van der Waals surface area contributed by atoms with Gasteiger partial charge in [-0.25, -0.2) is 4.39 Å². The van der Waals surface area contributed by atoms with Gasteiger partial charge in [0.05, 0.1) is 21.2 Å². The zero-order valence-corrected chi connectivity index (χ0v) is 15.6. The van der Waals surface area contributed by atoms with Crippen LogP contribution in [0, 0.1) is 5.82 Å². The molecule has 3 rings (SSSR count). The number of hydrogen-bond donors (Lipinski definition) is 1. The maximum atomic E-state index is 13.5. The van der Waals surface area contributed by atoms with Gasteiger partial charge in [0.2, 0.25) is 0 Å². The summed E-state index contributed by atoms with van der Waals surface area (Å²) in [7, 11) is 0. The van der Waals surface area contributed by atoms with Gasteiger partial charge < -0.3 is 10.1 Å². The molecule has 0 atom stereocenters. The van der Waals surface area contributed by atoms with Gasteiger partial charge in [0, 0.05) is 5.56 Å². The number of benzene rings is 2. The second-order valence-electron chi connectivity index (χ2n) is 5.68. The van der Waals surface area contributed by atoms with Crippen LogP contribution in [0.15, 0.2) is 53.9 Å². The summed E-state index contributed by atoms with van der Waals surface area (Å²) in [4.78, 5) is 12.6. The molecule has 1 aromatic heterocycles. The molecule has 28 heavy (non-hydrogen) atoms. The zero-order valence-electron chi connectivity index (χ0n) is 14.0. The highest BCUT2D eigenvalue weighted by atomic mass is 35.5. The normalized spacial score (nSPS) is 11.3. The van der Waals surface area contributed by atoms with E-state index in [0.717, 1.165) is 29.5 Å². The van der Waals surface area contributed by atoms with Crippen molar-refractivity contribution in [1.29, 1.82) is 0 Å². The van der Waals surface area contributed by atoms with Crippen LogP contribution in [0.5, 0.6) is 5.75 Å². The smallest absolute Gasteiger partial charge is 0.416 e. The third-order valence-corrected chi connectivity index (χ3v) is 4.96. The van der Waals surface area contributed by atoms with E-state index in [1.165, 1.54) is 24.3 Å². The Morgan fingerprint density at radius 3 is 2.61 bits per heavy atom. The summed E-state index contributed by atoms with van der Waals surface area (Å²) in [5, 5.41) is 4.00. The summed E-state index contributed by atoms with van der Waals surface area (Å²) in [6.07, 6.45) is -4.55. The van der Waals surface area contributed by atoms with Crippen LogP contribution in [0.2, 0.25) is 5.02 Å². The van der Waals surface area contributed by atoms with Gasteiger partial charge in [0.25, 0.3) is 5.91 Å². The molecule has 0 aliphatic heterocycles. The van der Waals surface area contributed by atoms with E-state index in [4.69, 9.17) is 16.3 Å². The molecule has 146 valence electrons. The fourth-order valence-corrected chi connectivity index (χ4v) is 3.23. The van der Waals surface area contributed by atoms with Crippen LogP contribution in [0.25, 0.3) is 0 Å². The van der Waals surface area contributed by atoms with E-state index in [9.17, 15) is 22.4 Å². The van der Waals surface area contributed by atoms with Crippen LogP contribution in [0.3, 0.4) is 0 Å². The molecule has 0 bridgehead atoms. The number of alkyl halides is 3. The summed E-state index contributed by atoms with van der Waals surface area (Å²) in [6, 6.07) is 10.1. The van der Waals surface area contributed by atoms with Crippen molar-refractivity contribution in [3.05, 3.63) is 80.8 Å². The number of amides is 1. The number of carbonyl (C=O) groups is 1. The van der Waals surface area contributed by atoms with Gasteiger partial charge in [0.1, 0.15) is 6.61 Å². The lowest BCUT2D eigenvalue weighted by Crippen LogP contribution is -2.12. The first-order chi connectivity index (χ1) is 13.2. The van der Waals surface area contributed by atoms with E-state index < -0.39 is 23.5 Å². The molecule has 1 amide bonds. The van der Waals surface area contributed by atoms with Crippen LogP contribution < -0.4 is 10.1 Å². The predicted octanol–water partition coefficient (Wildman–Crippen LogP) is 6.39. The molecule has 0 aliphatic carbocycles. The fourth-order valence-electron chi connectivity index (χ4n) is 2.27. The Kier molecular flexibility index (Phi) is 5.90. The number of hydrogen-bond acceptors (Lipinski definition) is 3. The van der Waals surface area contributed by atoms with Crippen molar-refractivity contribution in [1.82, 2.24) is 0 Å². The van der Waals surface area contributed by atoms with Crippen molar-refractivity contribution < 1.29 is 27.1 Å². The average Bonchev–Trinajstić information content (AvgIpc) is 3.11. The first-order valence-electron chi connectivity index (χ1n) is 7.87. The Hall–Kier alpha value is -2.58. The van der Waals surface area contributed by atoms with Crippen molar-refractivity contribution in [2.24, 2.45) is 0 Å². The SMILES string of the molecule is O=C(Nc1cc(C(F)(F)F)ccc1Cl)c1cc(COc2ccccc2F)cs1. The molecular formula is C19H12ClF4NO2S. The third-order valence-electron chi connectivity index (χ3n) is 3.65. The Morgan fingerprint density at radius 1 is 1.14 bits per heavy atom. The Morgan fingerprint density at radius 2 is 1.89 bits per heavy atom. The second kappa shape index (κ2) is 8.20. The number of nitrogens with one attached hydrogen (secondary N) is 1. The van der Waals surface area contributed by atoms with Gasteiger partial charge in [-0.15, -0.1) is 11.3 Å². The predicted molar refractivity (Wildman–Crippen MR) is 99.5 cm³/mol. The van der Waals surface area contributed by atoms with Gasteiger partial charge in [-0.05, 0) is 41.8 Å². The number of thiophene rings is 1. The molecule has 0 spiro atoms. The molecule has 0 radical (unpaired) electrons. The van der Waals surface area contributed by atoms with Gasteiger partial charge in [-0.3, -0.25) is 4.79 Å². The molecule has 0 unspecified atom stereocenters. The summed E-state index contributed by atoms with van der Waals surface area (Å²) < 4.78 is 57.4. The summed E-state index contributed by atoms with van der Waals surface area (Å²) in [5.74, 6) is -1.03. The lowest BCUT2D eigenvalue weighted by Gasteiger charge is -2.11. The van der Waals surface area contributed by atoms with Crippen molar-refractivity contribution in [2.45, 2.75) is 12.8 Å². The molecule has 0 saturated carbocycles. The standard InChI is InChI=1S/C19H12ClF4NO2S/c20-13-6-5-12(19(22,23)24)8-15(13)25-18(26)17-7-11(10-28-17)9-27-16-4-2-1-3-14(16)21/h1-8,10H,9H2,(H,25,26). The van der Waals surface area contributed by atoms with Crippen LogP contribution >= 0.6 is 22.9 Å². The largest absolute Gasteiger partial charge is 0.486 e. The number of carbonyl (C=O) groups excluding carboxylic acids is 1. The second-order valence-corrected chi connectivity index (χ2v) is 7.00. The first kappa shape index (κ1) is 20.2. The molecular weight excluding hydrogens is 418 g/mol. The lowest BCUT2D eigenvalue weighted by atomic mass is 10.2. The molecule has 3 aromatic rings. The highest BCUT2D eigenvalue weighted by molar-refractivity contribution is 7.12. The number of ether oxygens (including phenoxy) is 1. The van der Waals surface area contributed by atoms with Crippen LogP contribution in [0.4, 0.5) is 23.2 Å². The van der Waals surface area contributed by atoms with Crippen molar-refractivity contribution in [3.8, 4) is 5.75 Å². The number of para-hydroxylation sites is 1. The molecule has 0 aliphatic rings. The highest BCUT2D eigenvalue weighted by Crippen LogP contribution is 2.34. The molecule has 3 nitrogen and oxygen atoms in total. The zero-order chi connectivity index (χ0) is 20.3. The number of anilines is 1. The van der Waals surface area contributed by atoms with Gasteiger partial charge in [0.15, 0.2) is 11.6 Å². The highest BCUT2D eigenvalue weighted by Gasteiger charge is 2.31. The summed E-state index contributed by atoms with van der Waals surface area (Å²) in [6.45, 7) is 0.0367. The maximum Gasteiger partial charge on any atom is 0.416 e. The lowest BCUT2D eigenvalue weighted by molar-refractivity contribution is -0.137. The van der Waals surface area contributed by atoms with Gasteiger partial charge in [-0.2, -0.15) is 13.2 Å². The molecule has 1 N–H and O–H groups in total. The van der Waals surface area contributed by atoms with E-state index in [1.54, 1.807) is 11.4 Å². The molecule has 9 heteroatoms. The number of rotatable bonds is 5. The monoisotopic (exact) mass is 429 g/mol. The first-order valence-corrected chi connectivity index (χ1v) is 9.12. The minimum atomic E-state index is -4.55. The van der Waals surface area contributed by atoms with Crippen molar-refractivity contribution in [2.75, 3.05) is 5.32 Å². The molecule has 1 heterocycles. The molecule has 0 saturated heterocycles. The van der Waals surface area contributed by atoms with Crippen LogP contribution in [0.1, 0.15) is 20.8 Å². The van der Waals surface area contributed by atoms with Crippen molar-refractivity contribution >= 4 is 34.5 Å². The Bertz CT molecular complexity index is 1000.